The van der Waals surface area contributed by atoms with E-state index in [4.69, 9.17) is 14.2 Å². The van der Waals surface area contributed by atoms with Gasteiger partial charge in [0.15, 0.2) is 11.5 Å². The maximum Gasteiger partial charge on any atom is 0.254 e. The summed E-state index contributed by atoms with van der Waals surface area (Å²) >= 11 is 0. The molecule has 0 bridgehead atoms. The van der Waals surface area contributed by atoms with Crippen LogP contribution in [0.3, 0.4) is 0 Å². The third-order valence-electron chi connectivity index (χ3n) is 5.91. The van der Waals surface area contributed by atoms with Crippen molar-refractivity contribution in [2.45, 2.75) is 26.3 Å². The molecular weight excluding hydrogens is 396 g/mol. The van der Waals surface area contributed by atoms with Gasteiger partial charge >= 0.3 is 0 Å². The van der Waals surface area contributed by atoms with E-state index in [1.165, 1.54) is 21.3 Å². The summed E-state index contributed by atoms with van der Waals surface area (Å²) < 4.78 is 16.0. The van der Waals surface area contributed by atoms with Gasteiger partial charge in [-0.1, -0.05) is 37.3 Å². The Morgan fingerprint density at radius 1 is 0.968 bits per heavy atom. The molecule has 7 nitrogen and oxygen atoms in total. The summed E-state index contributed by atoms with van der Waals surface area (Å²) in [6.07, 6.45) is 1.20. The SMILES string of the molecule is COc1cc(C(=O)N2CCC(C)(C(=O)NCc3ccccc3)CC2)cc(OC)c1OC. The number of hydrogen-bond acceptors (Lipinski definition) is 5. The highest BCUT2D eigenvalue weighted by Crippen LogP contribution is 2.39. The van der Waals surface area contributed by atoms with Crippen molar-refractivity contribution < 1.29 is 23.8 Å². The first-order valence-electron chi connectivity index (χ1n) is 10.3. The molecule has 0 aromatic heterocycles. The number of methoxy groups -OCH3 is 3. The second-order valence-corrected chi connectivity index (χ2v) is 7.94. The van der Waals surface area contributed by atoms with Gasteiger partial charge in [0, 0.05) is 30.6 Å². The second kappa shape index (κ2) is 9.73. The van der Waals surface area contributed by atoms with Crippen LogP contribution >= 0.6 is 0 Å². The molecule has 1 aliphatic rings. The molecule has 1 saturated heterocycles. The number of amides is 2. The molecular formula is C24H30N2O5. The average molecular weight is 427 g/mol. The van der Waals surface area contributed by atoms with Crippen LogP contribution in [0.4, 0.5) is 0 Å². The fourth-order valence-electron chi connectivity index (χ4n) is 3.81. The molecule has 1 N–H and O–H groups in total. The van der Waals surface area contributed by atoms with E-state index < -0.39 is 5.41 Å². The van der Waals surface area contributed by atoms with Gasteiger partial charge in [-0.05, 0) is 30.5 Å². The Morgan fingerprint density at radius 3 is 2.06 bits per heavy atom. The minimum absolute atomic E-state index is 0.0243. The van der Waals surface area contributed by atoms with Gasteiger partial charge in [-0.3, -0.25) is 9.59 Å². The molecule has 0 spiro atoms. The molecule has 0 unspecified atom stereocenters. The summed E-state index contributed by atoms with van der Waals surface area (Å²) in [7, 11) is 4.56. The van der Waals surface area contributed by atoms with E-state index in [9.17, 15) is 9.59 Å². The number of ether oxygens (including phenoxy) is 3. The Balaban J connectivity index is 1.64. The first-order chi connectivity index (χ1) is 14.9. The normalized spacial score (nSPS) is 15.2. The zero-order valence-corrected chi connectivity index (χ0v) is 18.6. The number of hydrogen-bond donors (Lipinski definition) is 1. The summed E-state index contributed by atoms with van der Waals surface area (Å²) in [5, 5.41) is 3.04. The van der Waals surface area contributed by atoms with E-state index in [0.29, 0.717) is 55.3 Å². The fourth-order valence-corrected chi connectivity index (χ4v) is 3.81. The van der Waals surface area contributed by atoms with Crippen LogP contribution in [0, 0.1) is 5.41 Å². The monoisotopic (exact) mass is 426 g/mol. The van der Waals surface area contributed by atoms with Crippen LogP contribution in [0.2, 0.25) is 0 Å². The molecule has 31 heavy (non-hydrogen) atoms. The van der Waals surface area contributed by atoms with Crippen LogP contribution in [0.25, 0.3) is 0 Å². The van der Waals surface area contributed by atoms with E-state index in [1.54, 1.807) is 17.0 Å². The highest BCUT2D eigenvalue weighted by atomic mass is 16.5. The lowest BCUT2D eigenvalue weighted by molar-refractivity contribution is -0.132. The minimum Gasteiger partial charge on any atom is -0.493 e. The van der Waals surface area contributed by atoms with Gasteiger partial charge < -0.3 is 24.4 Å². The lowest BCUT2D eigenvalue weighted by Gasteiger charge is -2.38. The molecule has 2 amide bonds. The molecule has 1 aliphatic heterocycles. The molecule has 3 rings (SSSR count). The Kier molecular flexibility index (Phi) is 7.05. The molecule has 0 radical (unpaired) electrons. The van der Waals surface area contributed by atoms with Gasteiger partial charge in [-0.25, -0.2) is 0 Å². The van der Waals surface area contributed by atoms with Crippen molar-refractivity contribution in [2.24, 2.45) is 5.41 Å². The van der Waals surface area contributed by atoms with Crippen LogP contribution in [-0.2, 0) is 11.3 Å². The maximum atomic E-state index is 13.1. The Labute approximate surface area is 183 Å². The predicted octanol–water partition coefficient (Wildman–Crippen LogP) is 3.27. The molecule has 0 atom stereocenters. The maximum absolute atomic E-state index is 13.1. The van der Waals surface area contributed by atoms with Crippen molar-refractivity contribution in [3.05, 3.63) is 53.6 Å². The number of benzene rings is 2. The molecule has 166 valence electrons. The number of nitrogens with one attached hydrogen (secondary N) is 1. The van der Waals surface area contributed by atoms with Crippen molar-refractivity contribution in [2.75, 3.05) is 34.4 Å². The van der Waals surface area contributed by atoms with Gasteiger partial charge in [0.25, 0.3) is 5.91 Å². The number of rotatable bonds is 7. The Hall–Kier alpha value is -3.22. The number of likely N-dealkylation sites (tertiary alicyclic amines) is 1. The third kappa shape index (κ3) is 4.93. The second-order valence-electron chi connectivity index (χ2n) is 7.94. The van der Waals surface area contributed by atoms with E-state index >= 15 is 0 Å². The van der Waals surface area contributed by atoms with Gasteiger partial charge in [0.2, 0.25) is 11.7 Å². The summed E-state index contributed by atoms with van der Waals surface area (Å²) in [5.74, 6) is 1.23. The first-order valence-corrected chi connectivity index (χ1v) is 10.3. The van der Waals surface area contributed by atoms with E-state index in [2.05, 4.69) is 5.32 Å². The summed E-state index contributed by atoms with van der Waals surface area (Å²) in [6.45, 7) is 3.48. The topological polar surface area (TPSA) is 77.1 Å². The zero-order chi connectivity index (χ0) is 22.4. The van der Waals surface area contributed by atoms with E-state index in [0.717, 1.165) is 5.56 Å². The average Bonchev–Trinajstić information content (AvgIpc) is 2.82. The van der Waals surface area contributed by atoms with Gasteiger partial charge in [0.1, 0.15) is 0 Å². The molecule has 0 saturated carbocycles. The van der Waals surface area contributed by atoms with Crippen molar-refractivity contribution >= 4 is 11.8 Å². The smallest absolute Gasteiger partial charge is 0.254 e. The quantitative estimate of drug-likeness (QED) is 0.735. The third-order valence-corrected chi connectivity index (χ3v) is 5.91. The van der Waals surface area contributed by atoms with Gasteiger partial charge in [0.05, 0.1) is 21.3 Å². The predicted molar refractivity (Wildman–Crippen MR) is 118 cm³/mol. The van der Waals surface area contributed by atoms with Crippen molar-refractivity contribution in [1.29, 1.82) is 0 Å². The molecule has 2 aromatic rings. The van der Waals surface area contributed by atoms with Crippen LogP contribution in [0.5, 0.6) is 17.2 Å². The lowest BCUT2D eigenvalue weighted by Crippen LogP contribution is -2.48. The van der Waals surface area contributed by atoms with Crippen LogP contribution in [-0.4, -0.2) is 51.1 Å². The number of nitrogens with zero attached hydrogens (tertiary/aromatic N) is 1. The molecule has 2 aromatic carbocycles. The van der Waals surface area contributed by atoms with Crippen LogP contribution < -0.4 is 19.5 Å². The minimum atomic E-state index is -0.499. The number of carbonyl (C=O) groups excluding carboxylic acids is 2. The summed E-state index contributed by atoms with van der Waals surface area (Å²) in [5.41, 5.74) is 1.03. The standard InChI is InChI=1S/C24H30N2O5/c1-24(23(28)25-16-17-8-6-5-7-9-17)10-12-26(13-11-24)22(27)18-14-19(29-2)21(31-4)20(15-18)30-3/h5-9,14-15H,10-13,16H2,1-4H3,(H,25,28). The summed E-state index contributed by atoms with van der Waals surface area (Å²) in [4.78, 5) is 27.7. The molecule has 1 fully saturated rings. The number of piperidine rings is 1. The van der Waals surface area contributed by atoms with Crippen LogP contribution in [0.1, 0.15) is 35.7 Å². The molecule has 7 heteroatoms. The van der Waals surface area contributed by atoms with E-state index in [1.807, 2.05) is 37.3 Å². The molecule has 0 aliphatic carbocycles. The van der Waals surface area contributed by atoms with Gasteiger partial charge in [-0.2, -0.15) is 0 Å². The highest BCUT2D eigenvalue weighted by Gasteiger charge is 2.38. The van der Waals surface area contributed by atoms with Crippen molar-refractivity contribution in [3.8, 4) is 17.2 Å². The zero-order valence-electron chi connectivity index (χ0n) is 18.6. The Bertz CT molecular complexity index is 896. The van der Waals surface area contributed by atoms with Gasteiger partial charge in [-0.15, -0.1) is 0 Å². The van der Waals surface area contributed by atoms with Crippen molar-refractivity contribution in [1.82, 2.24) is 10.2 Å². The van der Waals surface area contributed by atoms with E-state index in [-0.39, 0.29) is 11.8 Å². The van der Waals surface area contributed by atoms with Crippen LogP contribution in [0.15, 0.2) is 42.5 Å². The highest BCUT2D eigenvalue weighted by molar-refractivity contribution is 5.96. The lowest BCUT2D eigenvalue weighted by atomic mass is 9.79. The number of carbonyl (C=O) groups is 2. The fraction of sp³-hybridized carbons (Fsp3) is 0.417. The van der Waals surface area contributed by atoms with Crippen molar-refractivity contribution in [3.63, 3.8) is 0 Å². The molecule has 1 heterocycles. The first kappa shape index (κ1) is 22.5. The Morgan fingerprint density at radius 2 is 1.55 bits per heavy atom. The summed E-state index contributed by atoms with van der Waals surface area (Å²) in [6, 6.07) is 13.1. The largest absolute Gasteiger partial charge is 0.493 e.